The third kappa shape index (κ3) is 6.47. The number of fused-ring (bicyclic) bond motifs is 1. The molecule has 3 rings (SSSR count). The number of nitrogens with zero attached hydrogens (tertiary/aromatic N) is 5. The second kappa shape index (κ2) is 10.1. The number of aliphatic hydroxyl groups excluding tert-OH is 2. The number of aliphatic hydroxyl groups is 2. The number of phosphoric ester groups is 1. The molecule has 0 bridgehead atoms. The molecule has 1 aliphatic rings. The van der Waals surface area contributed by atoms with Gasteiger partial charge in [0.15, 0.2) is 11.7 Å². The lowest BCUT2D eigenvalue weighted by Crippen LogP contribution is -2.37. The lowest BCUT2D eigenvalue weighted by Gasteiger charge is -2.19. The van der Waals surface area contributed by atoms with E-state index in [1.807, 2.05) is 6.92 Å². The summed E-state index contributed by atoms with van der Waals surface area (Å²) in [6.45, 7) is 0.858. The van der Waals surface area contributed by atoms with Crippen molar-refractivity contribution in [2.45, 2.75) is 44.3 Å². The van der Waals surface area contributed by atoms with Crippen molar-refractivity contribution in [3.63, 3.8) is 0 Å². The van der Waals surface area contributed by atoms with Gasteiger partial charge in [0, 0.05) is 7.05 Å². The first kappa shape index (κ1) is 28.1. The molecule has 3 heterocycles. The highest BCUT2D eigenvalue weighted by atomic mass is 31.3. The van der Waals surface area contributed by atoms with Crippen LogP contribution in [0.4, 0.5) is 0 Å². The summed E-state index contributed by atoms with van der Waals surface area (Å²) >= 11 is 0. The van der Waals surface area contributed by atoms with Gasteiger partial charge in [0.05, 0.1) is 12.3 Å². The Morgan fingerprint density at radius 3 is 2.31 bits per heavy atom. The van der Waals surface area contributed by atoms with Crippen molar-refractivity contribution in [3.8, 4) is 0 Å². The topological polar surface area (TPSA) is 275 Å². The maximum Gasteiger partial charge on any atom is 0.490 e. The number of hydrogen-bond acceptors (Lipinski definition) is 13. The number of ether oxygens (including phenoxy) is 1. The van der Waals surface area contributed by atoms with Crippen molar-refractivity contribution >= 4 is 34.5 Å². The fourth-order valence-electron chi connectivity index (χ4n) is 3.27. The van der Waals surface area contributed by atoms with E-state index in [-0.39, 0.29) is 11.0 Å². The molecule has 198 valence electrons. The summed E-state index contributed by atoms with van der Waals surface area (Å²) in [5.74, 6) is 0. The average Bonchev–Trinajstić information content (AvgIpc) is 3.15. The van der Waals surface area contributed by atoms with Gasteiger partial charge in [0.2, 0.25) is 0 Å². The van der Waals surface area contributed by atoms with Crippen molar-refractivity contribution in [2.24, 2.45) is 7.05 Å². The second-order valence-electron chi connectivity index (χ2n) is 7.29. The molecule has 2 aromatic heterocycles. The van der Waals surface area contributed by atoms with Gasteiger partial charge in [0.1, 0.15) is 23.8 Å². The molecule has 0 radical (unpaired) electrons. The van der Waals surface area contributed by atoms with E-state index in [4.69, 9.17) is 19.4 Å². The lowest BCUT2D eigenvalue weighted by atomic mass is 10.1. The van der Waals surface area contributed by atoms with E-state index in [9.17, 15) is 33.6 Å². The van der Waals surface area contributed by atoms with Crippen LogP contribution in [-0.4, -0.2) is 79.5 Å². The maximum absolute atomic E-state index is 13.0. The normalized spacial score (nSPS) is 26.6. The molecule has 6 unspecified atom stereocenters. The van der Waals surface area contributed by atoms with Gasteiger partial charge in [-0.15, -0.1) is 5.10 Å². The van der Waals surface area contributed by atoms with Gasteiger partial charge >= 0.3 is 23.5 Å². The predicted octanol–water partition coefficient (Wildman–Crippen LogP) is -1.56. The van der Waals surface area contributed by atoms with Crippen molar-refractivity contribution in [1.82, 2.24) is 24.8 Å². The maximum atomic E-state index is 13.0. The minimum atomic E-state index is -5.75. The van der Waals surface area contributed by atoms with E-state index in [1.165, 1.54) is 11.7 Å². The number of phosphoric acid groups is 3. The van der Waals surface area contributed by atoms with Crippen LogP contribution in [0, 0.1) is 0 Å². The van der Waals surface area contributed by atoms with Crippen LogP contribution in [0.3, 0.4) is 0 Å². The predicted molar refractivity (Wildman–Crippen MR) is 110 cm³/mol. The average molecular weight is 565 g/mol. The monoisotopic (exact) mass is 565 g/mol. The second-order valence-corrected chi connectivity index (χ2v) is 11.7. The summed E-state index contributed by atoms with van der Waals surface area (Å²) in [6, 6.07) is 0. The van der Waals surface area contributed by atoms with E-state index in [2.05, 4.69) is 28.6 Å². The van der Waals surface area contributed by atoms with Crippen LogP contribution >= 0.6 is 23.5 Å². The fourth-order valence-corrected chi connectivity index (χ4v) is 6.30. The molecule has 19 nitrogen and oxygen atoms in total. The van der Waals surface area contributed by atoms with Crippen molar-refractivity contribution in [3.05, 3.63) is 16.0 Å². The van der Waals surface area contributed by atoms with E-state index in [0.29, 0.717) is 16.8 Å². The molecule has 0 amide bonds. The third-order valence-corrected chi connectivity index (χ3v) is 8.43. The van der Waals surface area contributed by atoms with Crippen molar-refractivity contribution in [1.29, 1.82) is 0 Å². The van der Waals surface area contributed by atoms with Crippen LogP contribution in [0.15, 0.2) is 4.79 Å². The zero-order valence-electron chi connectivity index (χ0n) is 18.0. The summed E-state index contributed by atoms with van der Waals surface area (Å²) in [6.07, 6.45) is -5.56. The smallest absolute Gasteiger partial charge is 0.387 e. The van der Waals surface area contributed by atoms with Crippen LogP contribution < -0.4 is 5.56 Å². The Morgan fingerprint density at radius 1 is 1.06 bits per heavy atom. The van der Waals surface area contributed by atoms with Gasteiger partial charge in [-0.1, -0.05) is 18.6 Å². The highest BCUT2D eigenvalue weighted by molar-refractivity contribution is 7.66. The molecule has 1 aliphatic heterocycles. The zero-order chi connectivity index (χ0) is 26.3. The quantitative estimate of drug-likeness (QED) is 0.178. The Balaban J connectivity index is 1.76. The SMILES string of the molecule is CCCc1nn(C)c2c(=O)n(C3OC(COP(=O)(O)OP(=O)(O)OP(=O)(O)O)C(O)C3O)nnc12. The standard InChI is InChI=1S/C13H22N5O14P3/c1-3-4-6-8-9(17(2)15-6)12(21)18(16-14-8)13-11(20)10(19)7(30-13)5-29-34(25,26)32-35(27,28)31-33(22,23)24/h7,10-11,13,19-20H,3-5H2,1-2H3,(H,25,26)(H,27,28)(H2,22,23,24). The van der Waals surface area contributed by atoms with Gasteiger partial charge in [0.25, 0.3) is 5.56 Å². The van der Waals surface area contributed by atoms with E-state index >= 15 is 0 Å². The zero-order valence-corrected chi connectivity index (χ0v) is 20.6. The van der Waals surface area contributed by atoms with E-state index in [0.717, 1.165) is 6.42 Å². The summed E-state index contributed by atoms with van der Waals surface area (Å²) in [5, 5.41) is 32.5. The van der Waals surface area contributed by atoms with Crippen LogP contribution in [-0.2, 0) is 45.0 Å². The molecule has 1 saturated heterocycles. The molecule has 22 heteroatoms. The van der Waals surface area contributed by atoms with Gasteiger partial charge < -0.3 is 34.5 Å². The fraction of sp³-hybridized carbons (Fsp3) is 0.692. The first-order valence-electron chi connectivity index (χ1n) is 9.66. The Labute approximate surface area is 195 Å². The minimum absolute atomic E-state index is 0.0467. The van der Waals surface area contributed by atoms with Crippen LogP contribution in [0.5, 0.6) is 0 Å². The van der Waals surface area contributed by atoms with Crippen molar-refractivity contribution in [2.75, 3.05) is 6.61 Å². The van der Waals surface area contributed by atoms with E-state index < -0.39 is 60.2 Å². The van der Waals surface area contributed by atoms with Gasteiger partial charge in [-0.2, -0.15) is 18.4 Å². The first-order valence-corrected chi connectivity index (χ1v) is 14.2. The first-order chi connectivity index (χ1) is 16.1. The van der Waals surface area contributed by atoms with Gasteiger partial charge in [-0.3, -0.25) is 14.0 Å². The highest BCUT2D eigenvalue weighted by Gasteiger charge is 2.47. The number of rotatable bonds is 10. The Kier molecular flexibility index (Phi) is 8.16. The van der Waals surface area contributed by atoms with Crippen LogP contribution in [0.1, 0.15) is 25.3 Å². The molecule has 6 atom stereocenters. The molecule has 0 aromatic carbocycles. The summed E-state index contributed by atoms with van der Waals surface area (Å²) in [5.41, 5.74) is 0.0546. The number of aromatic nitrogens is 5. The molecule has 2 aromatic rings. The largest absolute Gasteiger partial charge is 0.490 e. The lowest BCUT2D eigenvalue weighted by molar-refractivity contribution is -0.0611. The highest BCUT2D eigenvalue weighted by Crippen LogP contribution is 2.66. The molecule has 6 N–H and O–H groups in total. The Bertz CT molecular complexity index is 1290. The molecular formula is C13H22N5O14P3. The molecule has 0 aliphatic carbocycles. The molecule has 0 saturated carbocycles. The molecule has 35 heavy (non-hydrogen) atoms. The third-order valence-electron chi connectivity index (χ3n) is 4.63. The minimum Gasteiger partial charge on any atom is -0.387 e. The number of aryl methyl sites for hydroxylation is 2. The number of hydrogen-bond donors (Lipinski definition) is 6. The van der Waals surface area contributed by atoms with E-state index in [1.54, 1.807) is 0 Å². The summed E-state index contributed by atoms with van der Waals surface area (Å²) in [4.78, 5) is 48.7. The van der Waals surface area contributed by atoms with Crippen molar-refractivity contribution < 1.29 is 61.4 Å². The molecule has 0 spiro atoms. The summed E-state index contributed by atoms with van der Waals surface area (Å²) in [7, 11) is -15.3. The van der Waals surface area contributed by atoms with Gasteiger partial charge in [-0.25, -0.2) is 13.7 Å². The molecule has 1 fully saturated rings. The van der Waals surface area contributed by atoms with Crippen LogP contribution in [0.2, 0.25) is 0 Å². The summed E-state index contributed by atoms with van der Waals surface area (Å²) < 4.78 is 52.7. The Hall–Kier alpha value is -1.43. The van der Waals surface area contributed by atoms with Crippen LogP contribution in [0.25, 0.3) is 11.0 Å². The Morgan fingerprint density at radius 2 is 1.71 bits per heavy atom. The molecular weight excluding hydrogens is 543 g/mol. The van der Waals surface area contributed by atoms with Gasteiger partial charge in [-0.05, 0) is 6.42 Å².